The van der Waals surface area contributed by atoms with E-state index < -0.39 is 12.8 Å². The molecular formula is C23H21F3N8O3. The summed E-state index contributed by atoms with van der Waals surface area (Å²) in [5.41, 5.74) is 1.95. The second-order valence-corrected chi connectivity index (χ2v) is 8.37. The molecule has 192 valence electrons. The summed E-state index contributed by atoms with van der Waals surface area (Å²) in [6.45, 7) is -0.195. The molecule has 1 aliphatic rings. The molecule has 0 unspecified atom stereocenters. The first-order valence-corrected chi connectivity index (χ1v) is 11.3. The number of pyridine rings is 1. The van der Waals surface area contributed by atoms with Crippen molar-refractivity contribution in [1.29, 1.82) is 0 Å². The van der Waals surface area contributed by atoms with E-state index in [1.807, 2.05) is 0 Å². The van der Waals surface area contributed by atoms with Gasteiger partial charge < -0.3 is 19.5 Å². The maximum Gasteiger partial charge on any atom is 0.422 e. The van der Waals surface area contributed by atoms with Crippen LogP contribution in [0.3, 0.4) is 0 Å². The summed E-state index contributed by atoms with van der Waals surface area (Å²) in [4.78, 5) is 32.6. The number of carbonyl (C=O) groups is 2. The molecule has 0 radical (unpaired) electrons. The lowest BCUT2D eigenvalue weighted by Gasteiger charge is -2.28. The third kappa shape index (κ3) is 5.08. The Hall–Kier alpha value is -4.49. The smallest absolute Gasteiger partial charge is 0.422 e. The normalized spacial score (nSPS) is 13.6. The van der Waals surface area contributed by atoms with E-state index in [1.165, 1.54) is 17.1 Å². The van der Waals surface area contributed by atoms with E-state index in [2.05, 4.69) is 25.7 Å². The lowest BCUT2D eigenvalue weighted by atomic mass is 10.1. The molecule has 1 aliphatic heterocycles. The van der Waals surface area contributed by atoms with Crippen LogP contribution < -0.4 is 10.1 Å². The number of benzene rings is 1. The average molecular weight is 514 g/mol. The number of aryl methyl sites for hydroxylation is 1. The van der Waals surface area contributed by atoms with Gasteiger partial charge in [-0.3, -0.25) is 9.59 Å². The fourth-order valence-corrected chi connectivity index (χ4v) is 4.15. The van der Waals surface area contributed by atoms with Gasteiger partial charge in [-0.15, -0.1) is 10.2 Å². The first-order valence-electron chi connectivity index (χ1n) is 11.3. The number of ether oxygens (including phenoxy) is 1. The van der Waals surface area contributed by atoms with Gasteiger partial charge >= 0.3 is 6.18 Å². The van der Waals surface area contributed by atoms with Crippen LogP contribution >= 0.6 is 0 Å². The van der Waals surface area contributed by atoms with Crippen LogP contribution in [0.1, 0.15) is 20.8 Å². The number of carbonyl (C=O) groups excluding carboxylic acids is 2. The zero-order valence-electron chi connectivity index (χ0n) is 19.6. The van der Waals surface area contributed by atoms with Crippen LogP contribution in [0.25, 0.3) is 22.3 Å². The summed E-state index contributed by atoms with van der Waals surface area (Å²) in [5, 5.41) is 15.0. The molecule has 0 bridgehead atoms. The molecule has 4 heterocycles. The fraction of sp³-hybridized carbons (Fsp3) is 0.304. The van der Waals surface area contributed by atoms with E-state index in [4.69, 9.17) is 4.74 Å². The molecule has 2 amide bonds. The Morgan fingerprint density at radius 3 is 2.78 bits per heavy atom. The molecule has 0 fully saturated rings. The highest BCUT2D eigenvalue weighted by molar-refractivity contribution is 6.00. The topological polar surface area (TPSA) is 120 Å². The van der Waals surface area contributed by atoms with Crippen molar-refractivity contribution in [3.63, 3.8) is 0 Å². The Bertz CT molecular complexity index is 1480. The molecular weight excluding hydrogens is 493 g/mol. The second kappa shape index (κ2) is 9.52. The van der Waals surface area contributed by atoms with Crippen molar-refractivity contribution in [3.05, 3.63) is 53.9 Å². The van der Waals surface area contributed by atoms with Crippen LogP contribution in [0.15, 0.2) is 42.6 Å². The van der Waals surface area contributed by atoms with E-state index in [0.29, 0.717) is 46.6 Å². The van der Waals surface area contributed by atoms with E-state index in [9.17, 15) is 22.8 Å². The number of aromatic nitrogens is 6. The Kier molecular flexibility index (Phi) is 6.23. The van der Waals surface area contributed by atoms with E-state index >= 15 is 0 Å². The summed E-state index contributed by atoms with van der Waals surface area (Å²) in [5.74, 6) is -0.396. The maximum absolute atomic E-state index is 13.1. The lowest BCUT2D eigenvalue weighted by Crippen LogP contribution is -2.44. The molecule has 1 aromatic carbocycles. The number of fused-ring (bicyclic) bond motifs is 3. The number of halogens is 3. The zero-order valence-corrected chi connectivity index (χ0v) is 19.6. The van der Waals surface area contributed by atoms with Gasteiger partial charge in [0.2, 0.25) is 11.7 Å². The van der Waals surface area contributed by atoms with Gasteiger partial charge in [0.1, 0.15) is 5.69 Å². The molecule has 1 N–H and O–H groups in total. The van der Waals surface area contributed by atoms with Gasteiger partial charge in [0.05, 0.1) is 18.0 Å². The van der Waals surface area contributed by atoms with Crippen molar-refractivity contribution in [2.75, 3.05) is 26.2 Å². The third-order valence-electron chi connectivity index (χ3n) is 5.82. The van der Waals surface area contributed by atoms with E-state index in [-0.39, 0.29) is 30.8 Å². The molecule has 14 heteroatoms. The molecule has 0 atom stereocenters. The number of hydrogen-bond acceptors (Lipinski definition) is 7. The molecule has 11 nitrogen and oxygen atoms in total. The highest BCUT2D eigenvalue weighted by Crippen LogP contribution is 2.30. The van der Waals surface area contributed by atoms with Gasteiger partial charge in [-0.05, 0) is 29.5 Å². The van der Waals surface area contributed by atoms with Crippen molar-refractivity contribution in [2.24, 2.45) is 7.05 Å². The molecule has 0 saturated heterocycles. The van der Waals surface area contributed by atoms with Gasteiger partial charge in [0.15, 0.2) is 6.61 Å². The monoisotopic (exact) mass is 514 g/mol. The highest BCUT2D eigenvalue weighted by atomic mass is 19.4. The minimum absolute atomic E-state index is 0.178. The number of alkyl halides is 3. The summed E-state index contributed by atoms with van der Waals surface area (Å²) in [6, 6.07) is 9.93. The van der Waals surface area contributed by atoms with E-state index in [0.717, 1.165) is 0 Å². The predicted octanol–water partition coefficient (Wildman–Crippen LogP) is 2.05. The number of rotatable bonds is 7. The van der Waals surface area contributed by atoms with Crippen molar-refractivity contribution >= 4 is 22.7 Å². The van der Waals surface area contributed by atoms with Gasteiger partial charge in [0.25, 0.3) is 11.8 Å². The Morgan fingerprint density at radius 2 is 2.03 bits per heavy atom. The zero-order chi connectivity index (χ0) is 26.2. The van der Waals surface area contributed by atoms with Crippen LogP contribution in [0.5, 0.6) is 5.88 Å². The molecule has 37 heavy (non-hydrogen) atoms. The third-order valence-corrected chi connectivity index (χ3v) is 5.82. The lowest BCUT2D eigenvalue weighted by molar-refractivity contribution is -0.153. The van der Waals surface area contributed by atoms with Crippen LogP contribution in [0.2, 0.25) is 0 Å². The van der Waals surface area contributed by atoms with Gasteiger partial charge in [0, 0.05) is 43.5 Å². The molecule has 0 aliphatic carbocycles. The Morgan fingerprint density at radius 1 is 1.19 bits per heavy atom. The van der Waals surface area contributed by atoms with Crippen LogP contribution in [-0.4, -0.2) is 78.9 Å². The highest BCUT2D eigenvalue weighted by Gasteiger charge is 2.31. The molecule has 0 spiro atoms. The van der Waals surface area contributed by atoms with Gasteiger partial charge in [-0.25, -0.2) is 4.98 Å². The second-order valence-electron chi connectivity index (χ2n) is 8.37. The summed E-state index contributed by atoms with van der Waals surface area (Å²) in [7, 11) is 1.64. The van der Waals surface area contributed by atoms with Crippen molar-refractivity contribution in [3.8, 4) is 17.3 Å². The summed E-state index contributed by atoms with van der Waals surface area (Å²) >= 11 is 0. The number of amides is 2. The number of tetrazole rings is 1. The Balaban J connectivity index is 1.23. The maximum atomic E-state index is 13.1. The number of hydrogen-bond donors (Lipinski definition) is 1. The molecule has 3 aromatic heterocycles. The first kappa shape index (κ1) is 24.2. The van der Waals surface area contributed by atoms with Crippen molar-refractivity contribution in [1.82, 2.24) is 40.0 Å². The fourth-order valence-electron chi connectivity index (χ4n) is 4.15. The van der Waals surface area contributed by atoms with Crippen molar-refractivity contribution < 1.29 is 27.5 Å². The summed E-state index contributed by atoms with van der Waals surface area (Å²) in [6.07, 6.45) is -3.16. The Labute approximate surface area is 207 Å². The first-order chi connectivity index (χ1) is 17.7. The molecule has 5 rings (SSSR count). The SMILES string of the molecule is Cn1nnc(-c2cccc(C(=O)NCCN3CCn4c(cc5c(OCC(F)(F)F)nccc54)C3=O)c2)n1. The standard InChI is InChI=1S/C23H21F3N8O3/c1-32-30-19(29-31-32)14-3-2-4-15(11-14)20(35)27-7-8-33-9-10-34-17-5-6-28-21(37-13-23(24,25)26)16(17)12-18(34)22(33)36/h2-6,11-12H,7-10,13H2,1H3,(H,27,35). The number of nitrogens with one attached hydrogen (secondary N) is 1. The predicted molar refractivity (Wildman–Crippen MR) is 124 cm³/mol. The average Bonchev–Trinajstić information content (AvgIpc) is 3.48. The van der Waals surface area contributed by atoms with E-state index in [1.54, 1.807) is 46.8 Å². The minimum Gasteiger partial charge on any atom is -0.468 e. The van der Waals surface area contributed by atoms with Crippen LogP contribution in [0.4, 0.5) is 13.2 Å². The molecule has 4 aromatic rings. The van der Waals surface area contributed by atoms with Gasteiger partial charge in [-0.2, -0.15) is 18.0 Å². The quantitative estimate of drug-likeness (QED) is 0.401. The van der Waals surface area contributed by atoms with Crippen molar-refractivity contribution in [2.45, 2.75) is 12.7 Å². The van der Waals surface area contributed by atoms with Crippen LogP contribution in [0, 0.1) is 0 Å². The largest absolute Gasteiger partial charge is 0.468 e. The minimum atomic E-state index is -4.51. The van der Waals surface area contributed by atoms with Crippen LogP contribution in [-0.2, 0) is 13.6 Å². The number of nitrogens with zero attached hydrogens (tertiary/aromatic N) is 7. The summed E-state index contributed by atoms with van der Waals surface area (Å²) < 4.78 is 44.4. The van der Waals surface area contributed by atoms with Gasteiger partial charge in [-0.1, -0.05) is 12.1 Å². The molecule has 0 saturated carbocycles.